The van der Waals surface area contributed by atoms with Crippen molar-refractivity contribution in [3.63, 3.8) is 0 Å². The molecule has 2 N–H and O–H groups in total. The molecule has 1 aromatic heterocycles. The van der Waals surface area contributed by atoms with Crippen molar-refractivity contribution in [2.24, 2.45) is 5.92 Å². The van der Waals surface area contributed by atoms with Crippen molar-refractivity contribution in [3.05, 3.63) is 52.9 Å². The number of nitrogens with zero attached hydrogens (tertiary/aromatic N) is 1. The van der Waals surface area contributed by atoms with Crippen molar-refractivity contribution in [2.45, 2.75) is 37.5 Å². The van der Waals surface area contributed by atoms with Crippen LogP contribution in [0.25, 0.3) is 10.4 Å². The average Bonchev–Trinajstić information content (AvgIpc) is 3.46. The van der Waals surface area contributed by atoms with Crippen molar-refractivity contribution >= 4 is 50.6 Å². The number of thiazole rings is 1. The molecule has 1 atom stereocenters. The van der Waals surface area contributed by atoms with E-state index in [-0.39, 0.29) is 16.8 Å². The molecule has 10 heteroatoms. The number of carbonyl (C=O) groups excluding carboxylic acids is 1. The highest BCUT2D eigenvalue weighted by Gasteiger charge is 2.24. The van der Waals surface area contributed by atoms with Crippen LogP contribution in [0.5, 0.6) is 5.75 Å². The highest BCUT2D eigenvalue weighted by molar-refractivity contribution is 7.86. The van der Waals surface area contributed by atoms with Crippen LogP contribution in [0.15, 0.2) is 41.3 Å². The molecule has 4 rings (SSSR count). The molecule has 1 amide bonds. The van der Waals surface area contributed by atoms with Gasteiger partial charge < -0.3 is 14.8 Å². The summed E-state index contributed by atoms with van der Waals surface area (Å²) in [6, 6.07) is 9.39. The van der Waals surface area contributed by atoms with Gasteiger partial charge in [-0.2, -0.15) is 0 Å². The Hall–Kier alpha value is -2.49. The van der Waals surface area contributed by atoms with Gasteiger partial charge in [-0.05, 0) is 61.7 Å². The fourth-order valence-electron chi connectivity index (χ4n) is 3.80. The number of benzene rings is 2. The Morgan fingerprint density at radius 2 is 2.00 bits per heavy atom. The number of anilines is 2. The van der Waals surface area contributed by atoms with Crippen LogP contribution in [0.3, 0.4) is 0 Å². The third kappa shape index (κ3) is 5.37. The third-order valence-corrected chi connectivity index (χ3v) is 8.06. The molecule has 1 aliphatic carbocycles. The minimum atomic E-state index is -1.70. The van der Waals surface area contributed by atoms with Gasteiger partial charge in [-0.15, -0.1) is 0 Å². The van der Waals surface area contributed by atoms with Crippen LogP contribution in [-0.2, 0) is 15.8 Å². The maximum absolute atomic E-state index is 13.4. The average molecular weight is 508 g/mol. The molecular formula is C23H23ClFN3O3S2. The smallest absolute Gasteiger partial charge is 0.229 e. The first-order valence-corrected chi connectivity index (χ1v) is 12.8. The first-order chi connectivity index (χ1) is 15.9. The lowest BCUT2D eigenvalue weighted by Crippen LogP contribution is -2.20. The van der Waals surface area contributed by atoms with Gasteiger partial charge in [-0.25, -0.2) is 13.6 Å². The van der Waals surface area contributed by atoms with Gasteiger partial charge in [0.1, 0.15) is 16.5 Å². The van der Waals surface area contributed by atoms with Crippen molar-refractivity contribution in [3.8, 4) is 16.2 Å². The number of methoxy groups -OCH3 is 1. The summed E-state index contributed by atoms with van der Waals surface area (Å²) in [5.74, 6) is -0.0380. The predicted molar refractivity (Wildman–Crippen MR) is 131 cm³/mol. The monoisotopic (exact) mass is 507 g/mol. The highest BCUT2D eigenvalue weighted by atomic mass is 35.5. The maximum Gasteiger partial charge on any atom is 0.229 e. The Labute approximate surface area is 203 Å². The molecule has 174 valence electrons. The van der Waals surface area contributed by atoms with Crippen LogP contribution in [-0.4, -0.2) is 22.2 Å². The minimum absolute atomic E-state index is 0.0199. The van der Waals surface area contributed by atoms with E-state index in [0.29, 0.717) is 21.5 Å². The molecule has 33 heavy (non-hydrogen) atoms. The molecule has 2 aromatic carbocycles. The SMILES string of the molecule is COc1ccc(-c2sc(NC(=O)C3CCCC3)nc2C)cc1S(=O)Nc1ccc(F)c(Cl)c1. The van der Waals surface area contributed by atoms with Gasteiger partial charge in [0.25, 0.3) is 0 Å². The highest BCUT2D eigenvalue weighted by Crippen LogP contribution is 2.37. The first kappa shape index (κ1) is 23.7. The Morgan fingerprint density at radius 3 is 2.70 bits per heavy atom. The number of aromatic nitrogens is 1. The number of nitrogens with one attached hydrogen (secondary N) is 2. The topological polar surface area (TPSA) is 80.3 Å². The molecule has 1 aliphatic rings. The van der Waals surface area contributed by atoms with Gasteiger partial charge in [0.05, 0.1) is 22.7 Å². The molecule has 3 aromatic rings. The van der Waals surface area contributed by atoms with Crippen LogP contribution in [0, 0.1) is 18.7 Å². The van der Waals surface area contributed by atoms with Crippen molar-refractivity contribution in [2.75, 3.05) is 17.1 Å². The van der Waals surface area contributed by atoms with E-state index in [2.05, 4.69) is 15.0 Å². The molecule has 6 nitrogen and oxygen atoms in total. The van der Waals surface area contributed by atoms with Gasteiger partial charge >= 0.3 is 0 Å². The molecule has 1 fully saturated rings. The second kappa shape index (κ2) is 10.2. The van der Waals surface area contributed by atoms with Gasteiger partial charge in [0.15, 0.2) is 16.1 Å². The predicted octanol–water partition coefficient (Wildman–Crippen LogP) is 6.18. The summed E-state index contributed by atoms with van der Waals surface area (Å²) < 4.78 is 34.7. The van der Waals surface area contributed by atoms with Gasteiger partial charge in [-0.1, -0.05) is 35.8 Å². The van der Waals surface area contributed by atoms with Crippen LogP contribution >= 0.6 is 22.9 Å². The fraction of sp³-hybridized carbons (Fsp3) is 0.304. The fourth-order valence-corrected chi connectivity index (χ4v) is 5.96. The second-order valence-electron chi connectivity index (χ2n) is 7.77. The molecule has 0 spiro atoms. The van der Waals surface area contributed by atoms with E-state index in [1.165, 1.54) is 36.6 Å². The van der Waals surface area contributed by atoms with Crippen LogP contribution < -0.4 is 14.8 Å². The Bertz CT molecular complexity index is 1210. The number of aryl methyl sites for hydroxylation is 1. The number of halogens is 2. The third-order valence-electron chi connectivity index (χ3n) is 5.51. The molecule has 0 saturated heterocycles. The molecule has 0 radical (unpaired) electrons. The Balaban J connectivity index is 1.58. The normalized spacial score (nSPS) is 14.8. The summed E-state index contributed by atoms with van der Waals surface area (Å²) in [5.41, 5.74) is 1.98. The van der Waals surface area contributed by atoms with Gasteiger partial charge in [-0.3, -0.25) is 4.79 Å². The van der Waals surface area contributed by atoms with Gasteiger partial charge in [0, 0.05) is 11.6 Å². The van der Waals surface area contributed by atoms with Crippen molar-refractivity contribution in [1.82, 2.24) is 4.98 Å². The lowest BCUT2D eigenvalue weighted by Gasteiger charge is -2.12. The summed E-state index contributed by atoms with van der Waals surface area (Å²) in [4.78, 5) is 18.3. The van der Waals surface area contributed by atoms with Crippen LogP contribution in [0.1, 0.15) is 31.4 Å². The zero-order valence-corrected chi connectivity index (χ0v) is 20.5. The number of hydrogen-bond donors (Lipinski definition) is 2. The Kier molecular flexibility index (Phi) is 7.31. The Morgan fingerprint density at radius 1 is 1.24 bits per heavy atom. The van der Waals surface area contributed by atoms with E-state index in [9.17, 15) is 13.4 Å². The zero-order valence-electron chi connectivity index (χ0n) is 18.1. The largest absolute Gasteiger partial charge is 0.495 e. The number of carbonyl (C=O) groups is 1. The number of amides is 1. The standard InChI is InChI=1S/C23H23ClFN3O3S2/c1-13-21(32-23(26-13)27-22(29)14-5-3-4-6-14)15-7-10-19(31-2)20(11-15)33(30)28-16-8-9-18(25)17(24)12-16/h7-12,14,28H,3-6H2,1-2H3,(H,26,27,29). The first-order valence-electron chi connectivity index (χ1n) is 10.5. The van der Waals surface area contributed by atoms with Gasteiger partial charge in [0.2, 0.25) is 5.91 Å². The molecular weight excluding hydrogens is 485 g/mol. The lowest BCUT2D eigenvalue weighted by molar-refractivity contribution is -0.119. The summed E-state index contributed by atoms with van der Waals surface area (Å²) >= 11 is 7.21. The summed E-state index contributed by atoms with van der Waals surface area (Å²) in [6.45, 7) is 1.87. The lowest BCUT2D eigenvalue weighted by atomic mass is 10.1. The minimum Gasteiger partial charge on any atom is -0.495 e. The van der Waals surface area contributed by atoms with E-state index < -0.39 is 16.8 Å². The summed E-state index contributed by atoms with van der Waals surface area (Å²) in [6.07, 6.45) is 4.01. The molecule has 1 unspecified atom stereocenters. The molecule has 0 bridgehead atoms. The molecule has 1 saturated carbocycles. The van der Waals surface area contributed by atoms with Crippen LogP contribution in [0.4, 0.5) is 15.2 Å². The second-order valence-corrected chi connectivity index (χ2v) is 10.4. The maximum atomic E-state index is 13.4. The van der Waals surface area contributed by atoms with Crippen molar-refractivity contribution < 1.29 is 18.1 Å². The molecule has 0 aliphatic heterocycles. The number of rotatable bonds is 7. The molecule has 1 heterocycles. The van der Waals surface area contributed by atoms with E-state index in [1.807, 2.05) is 13.0 Å². The van der Waals surface area contributed by atoms with E-state index in [0.717, 1.165) is 41.8 Å². The summed E-state index contributed by atoms with van der Waals surface area (Å²) in [5, 5.41) is 3.43. The quantitative estimate of drug-likeness (QED) is 0.400. The van der Waals surface area contributed by atoms with Crippen LogP contribution in [0.2, 0.25) is 5.02 Å². The summed E-state index contributed by atoms with van der Waals surface area (Å²) in [7, 11) is -0.198. The number of hydrogen-bond acceptors (Lipinski definition) is 5. The number of ether oxygens (including phenoxy) is 1. The van der Waals surface area contributed by atoms with Crippen molar-refractivity contribution in [1.29, 1.82) is 0 Å². The zero-order chi connectivity index (χ0) is 23.5. The van der Waals surface area contributed by atoms with E-state index in [4.69, 9.17) is 16.3 Å². The van der Waals surface area contributed by atoms with E-state index >= 15 is 0 Å². The van der Waals surface area contributed by atoms with E-state index in [1.54, 1.807) is 12.1 Å².